The monoisotopic (exact) mass is 1040 g/mol. The van der Waals surface area contributed by atoms with Crippen molar-refractivity contribution in [3.8, 4) is 0 Å². The van der Waals surface area contributed by atoms with E-state index in [1.54, 1.807) is 37.8 Å². The molecule has 1 spiro atoms. The van der Waals surface area contributed by atoms with Crippen LogP contribution in [0.5, 0.6) is 0 Å². The van der Waals surface area contributed by atoms with E-state index < -0.39 is 64.5 Å². The fourth-order valence-electron chi connectivity index (χ4n) is 10.7. The van der Waals surface area contributed by atoms with Gasteiger partial charge in [0.2, 0.25) is 0 Å². The third kappa shape index (κ3) is 11.7. The largest absolute Gasteiger partial charge is 0.501 e. The highest BCUT2D eigenvalue weighted by molar-refractivity contribution is 7.99. The number of halogens is 3. The molecule has 5 fully saturated rings. The predicted molar refractivity (Wildman–Crippen MR) is 269 cm³/mol. The van der Waals surface area contributed by atoms with Gasteiger partial charge in [0.15, 0.2) is 0 Å². The van der Waals surface area contributed by atoms with E-state index in [9.17, 15) is 39.6 Å². The maximum Gasteiger partial charge on any atom is 0.501 e. The minimum absolute atomic E-state index is 0.00857. The molecule has 382 valence electrons. The number of benzene rings is 4. The topological polar surface area (TPSA) is 149 Å². The fraction of sp³-hybridized carbons (Fsp3) is 0.500. The summed E-state index contributed by atoms with van der Waals surface area (Å²) >= 11 is 1.42. The number of nitrogens with one attached hydrogen (secondary N) is 2. The van der Waals surface area contributed by atoms with Crippen molar-refractivity contribution < 1.29 is 44.3 Å². The average Bonchev–Trinajstić information content (AvgIpc) is 4.05. The maximum atomic E-state index is 14.3. The van der Waals surface area contributed by atoms with Gasteiger partial charge in [0.25, 0.3) is 25.8 Å². The van der Waals surface area contributed by atoms with E-state index >= 15 is 0 Å². The molecule has 13 nitrogen and oxygen atoms in total. The molecule has 2 amide bonds. The second kappa shape index (κ2) is 20.2. The minimum Gasteiger partial charge on any atom is -0.444 e. The Balaban J connectivity index is 0.834. The Hall–Kier alpha value is -4.82. The molecule has 19 heteroatoms. The van der Waals surface area contributed by atoms with Gasteiger partial charge in [-0.3, -0.25) is 14.6 Å². The quantitative estimate of drug-likeness (QED) is 0.103. The second-order valence-electron chi connectivity index (χ2n) is 20.9. The Labute approximate surface area is 419 Å². The molecule has 0 aromatic heterocycles. The lowest BCUT2D eigenvalue weighted by Crippen LogP contribution is -2.66. The molecule has 2 N–H and O–H groups in total. The normalized spacial score (nSPS) is 20.6. The van der Waals surface area contributed by atoms with Gasteiger partial charge in [0, 0.05) is 91.3 Å². The van der Waals surface area contributed by atoms with Crippen molar-refractivity contribution in [1.82, 2.24) is 19.4 Å². The van der Waals surface area contributed by atoms with Crippen LogP contribution in [0.1, 0.15) is 99.2 Å². The summed E-state index contributed by atoms with van der Waals surface area (Å²) in [6, 6.07) is 27.7. The number of ether oxygens (including phenoxy) is 1. The Bertz CT molecular complexity index is 2790. The number of hydrogen-bond acceptors (Lipinski definition) is 12. The SMILES string of the molecule is CC(C)(C)OC(=O)N1CCN(CCC(CSc2ccccc2)Nc2ccc(S(=O)(=O)NC(=O)c3ccc(N4CC5(CC(N6CCC[C@H]6c6ccccc6C6CC6)C5)C4)cc3)cc2S(=O)(=O)C(F)(F)F)CC1. The lowest BCUT2D eigenvalue weighted by Gasteiger charge is -2.62. The van der Waals surface area contributed by atoms with Crippen LogP contribution >= 0.6 is 11.8 Å². The lowest BCUT2D eigenvalue weighted by atomic mass is 9.60. The molecular formula is C52H63F3N6O7S3. The molecule has 3 aliphatic heterocycles. The van der Waals surface area contributed by atoms with Crippen LogP contribution in [0, 0.1) is 5.41 Å². The van der Waals surface area contributed by atoms with Crippen molar-refractivity contribution in [3.05, 3.63) is 114 Å². The van der Waals surface area contributed by atoms with E-state index in [4.69, 9.17) is 4.74 Å². The van der Waals surface area contributed by atoms with Crippen LogP contribution in [-0.4, -0.2) is 125 Å². The van der Waals surface area contributed by atoms with E-state index in [1.165, 1.54) is 60.7 Å². The minimum atomic E-state index is -6.10. The van der Waals surface area contributed by atoms with Crippen LogP contribution in [0.2, 0.25) is 0 Å². The Morgan fingerprint density at radius 3 is 2.13 bits per heavy atom. The highest BCUT2D eigenvalue weighted by Gasteiger charge is 2.55. The van der Waals surface area contributed by atoms with Gasteiger partial charge in [-0.15, -0.1) is 11.8 Å². The smallest absolute Gasteiger partial charge is 0.444 e. The number of hydrogen-bond donors (Lipinski definition) is 2. The summed E-state index contributed by atoms with van der Waals surface area (Å²) in [5.41, 5.74) is -2.66. The molecule has 2 atom stereocenters. The number of anilines is 2. The molecule has 2 aliphatic carbocycles. The number of thioether (sulfide) groups is 1. The van der Waals surface area contributed by atoms with Gasteiger partial charge in [-0.1, -0.05) is 42.5 Å². The molecule has 9 rings (SSSR count). The van der Waals surface area contributed by atoms with Crippen molar-refractivity contribution in [1.29, 1.82) is 0 Å². The van der Waals surface area contributed by atoms with Gasteiger partial charge in [0.1, 0.15) is 10.5 Å². The Kier molecular flexibility index (Phi) is 14.6. The Morgan fingerprint density at radius 2 is 1.48 bits per heavy atom. The summed E-state index contributed by atoms with van der Waals surface area (Å²) in [5, 5.41) is 3.00. The summed E-state index contributed by atoms with van der Waals surface area (Å²) in [7, 11) is -11.0. The molecular weight excluding hydrogens is 974 g/mol. The highest BCUT2D eigenvalue weighted by Crippen LogP contribution is 2.55. The molecule has 0 bridgehead atoms. The first-order valence-electron chi connectivity index (χ1n) is 24.5. The van der Waals surface area contributed by atoms with Crippen molar-refractivity contribution in [3.63, 3.8) is 0 Å². The van der Waals surface area contributed by atoms with E-state index in [-0.39, 0.29) is 11.0 Å². The maximum absolute atomic E-state index is 14.3. The standard InChI is InChI=1S/C52H63F3N6O7S3/c1-50(2,3)68-49(63)59-28-26-58(27-29-59)25-23-38(33-69-41-10-5-4-6-11-41)56-45-22-21-42(30-47(45)70(64,65)52(53,54)55)71(66,67)57-48(62)37-17-19-39(20-18-37)60-34-51(35-60)31-40(32-51)61-24-9-14-46(61)44-13-8-7-12-43(44)36-15-16-36/h4-8,10-13,17-22,30,36,38,40,46,56H,9,14-16,23-29,31-35H2,1-3H3,(H,57,62)/t38?,46-/m0/s1. The second-order valence-corrected chi connectivity index (χ2v) is 25.6. The number of carbonyl (C=O) groups is 2. The first-order chi connectivity index (χ1) is 33.7. The number of sulfonamides is 1. The lowest BCUT2D eigenvalue weighted by molar-refractivity contribution is -0.0436. The zero-order valence-electron chi connectivity index (χ0n) is 40.4. The summed E-state index contributed by atoms with van der Waals surface area (Å²) in [4.78, 5) is 33.5. The number of sulfone groups is 1. The van der Waals surface area contributed by atoms with Crippen molar-refractivity contribution in [2.45, 2.75) is 116 Å². The zero-order valence-corrected chi connectivity index (χ0v) is 42.8. The zero-order chi connectivity index (χ0) is 50.3. The molecule has 1 unspecified atom stereocenters. The van der Waals surface area contributed by atoms with Crippen LogP contribution in [-0.2, 0) is 24.6 Å². The molecule has 71 heavy (non-hydrogen) atoms. The van der Waals surface area contributed by atoms with Gasteiger partial charge in [-0.25, -0.2) is 26.4 Å². The van der Waals surface area contributed by atoms with Crippen LogP contribution < -0.4 is 14.9 Å². The molecule has 4 aromatic rings. The Morgan fingerprint density at radius 1 is 0.817 bits per heavy atom. The average molecular weight is 1040 g/mol. The van der Waals surface area contributed by atoms with Gasteiger partial charge >= 0.3 is 11.6 Å². The fourth-order valence-corrected chi connectivity index (χ4v) is 13.7. The van der Waals surface area contributed by atoms with E-state index in [2.05, 4.69) is 44.3 Å². The van der Waals surface area contributed by atoms with E-state index in [1.807, 2.05) is 35.1 Å². The van der Waals surface area contributed by atoms with Crippen LogP contribution in [0.15, 0.2) is 112 Å². The number of alkyl halides is 3. The van der Waals surface area contributed by atoms with Crippen molar-refractivity contribution in [2.24, 2.45) is 5.41 Å². The molecule has 0 radical (unpaired) electrons. The van der Waals surface area contributed by atoms with Gasteiger partial charge in [-0.2, -0.15) is 13.2 Å². The molecule has 3 saturated heterocycles. The first kappa shape index (κ1) is 51.1. The number of amides is 2. The van der Waals surface area contributed by atoms with E-state index in [0.717, 1.165) is 55.2 Å². The van der Waals surface area contributed by atoms with Crippen molar-refractivity contribution in [2.75, 3.05) is 68.3 Å². The molecule has 3 heterocycles. The van der Waals surface area contributed by atoms with Gasteiger partial charge in [0.05, 0.1) is 10.6 Å². The predicted octanol–water partition coefficient (Wildman–Crippen LogP) is 9.30. The third-order valence-corrected chi connectivity index (χ3v) is 18.5. The van der Waals surface area contributed by atoms with Crippen molar-refractivity contribution >= 4 is 55.0 Å². The molecule has 4 aromatic carbocycles. The first-order valence-corrected chi connectivity index (χ1v) is 28.5. The number of carbonyl (C=O) groups excluding carboxylic acids is 2. The summed E-state index contributed by atoms with van der Waals surface area (Å²) < 4.78 is 104. The third-order valence-electron chi connectivity index (χ3n) is 14.5. The molecule has 2 saturated carbocycles. The number of likely N-dealkylation sites (tertiary alicyclic amines) is 1. The summed E-state index contributed by atoms with van der Waals surface area (Å²) in [5.74, 6) is 0.0104. The van der Waals surface area contributed by atoms with Crippen LogP contribution in [0.4, 0.5) is 29.3 Å². The van der Waals surface area contributed by atoms with Crippen LogP contribution in [0.25, 0.3) is 0 Å². The highest BCUT2D eigenvalue weighted by atomic mass is 32.2. The summed E-state index contributed by atoms with van der Waals surface area (Å²) in [6.07, 6.45) is 7.20. The van der Waals surface area contributed by atoms with Crippen LogP contribution in [0.3, 0.4) is 0 Å². The summed E-state index contributed by atoms with van der Waals surface area (Å²) in [6.45, 7) is 10.6. The van der Waals surface area contributed by atoms with Gasteiger partial charge < -0.3 is 19.9 Å². The molecule has 5 aliphatic rings. The number of piperazine rings is 1. The number of nitrogens with zero attached hydrogens (tertiary/aromatic N) is 4. The number of rotatable bonds is 16. The van der Waals surface area contributed by atoms with E-state index in [0.29, 0.717) is 69.0 Å². The van der Waals surface area contributed by atoms with Gasteiger partial charge in [-0.05, 0) is 144 Å².